The number of nitrogens with zero attached hydrogens (tertiary/aromatic N) is 5. The Kier molecular flexibility index (Phi) is 5.93. The highest BCUT2D eigenvalue weighted by Gasteiger charge is 2.22. The number of amides is 1. The van der Waals surface area contributed by atoms with Gasteiger partial charge in [0.05, 0.1) is 6.61 Å². The van der Waals surface area contributed by atoms with Gasteiger partial charge in [-0.05, 0) is 49.2 Å². The van der Waals surface area contributed by atoms with Gasteiger partial charge in [-0.3, -0.25) is 9.20 Å². The molecule has 0 saturated carbocycles. The summed E-state index contributed by atoms with van der Waals surface area (Å²) in [6.07, 6.45) is 5.01. The summed E-state index contributed by atoms with van der Waals surface area (Å²) in [6, 6.07) is 13.4. The van der Waals surface area contributed by atoms with Gasteiger partial charge in [-0.1, -0.05) is 19.4 Å². The third kappa shape index (κ3) is 4.34. The Bertz CT molecular complexity index is 953. The molecule has 1 aliphatic heterocycles. The first-order valence-electron chi connectivity index (χ1n) is 10.3. The molecule has 0 atom stereocenters. The van der Waals surface area contributed by atoms with Crippen LogP contribution in [0.25, 0.3) is 5.65 Å². The quantitative estimate of drug-likeness (QED) is 0.602. The standard InChI is InChI=1S/C22H27N5O2/c1-2-3-17-29-19-10-8-18(9-11-19)21(28)25-12-6-13-26(16-15-25)22-24-23-20-7-4-5-14-27(20)22/h4-5,7-11,14H,2-3,6,12-13,15-17H2,1H3. The Balaban J connectivity index is 1.39. The highest BCUT2D eigenvalue weighted by molar-refractivity contribution is 5.94. The number of rotatable bonds is 6. The molecule has 1 aromatic carbocycles. The second kappa shape index (κ2) is 8.94. The summed E-state index contributed by atoms with van der Waals surface area (Å²) in [4.78, 5) is 17.1. The topological polar surface area (TPSA) is 63.0 Å². The highest BCUT2D eigenvalue weighted by atomic mass is 16.5. The predicted octanol–water partition coefficient (Wildman–Crippen LogP) is 3.26. The first kappa shape index (κ1) is 19.2. The molecule has 4 rings (SSSR count). The maximum Gasteiger partial charge on any atom is 0.253 e. The lowest BCUT2D eigenvalue weighted by Crippen LogP contribution is -2.35. The Morgan fingerprint density at radius 1 is 1.03 bits per heavy atom. The molecule has 1 fully saturated rings. The van der Waals surface area contributed by atoms with E-state index in [4.69, 9.17) is 4.74 Å². The van der Waals surface area contributed by atoms with Crippen molar-refractivity contribution in [2.75, 3.05) is 37.7 Å². The molecule has 1 aliphatic rings. The van der Waals surface area contributed by atoms with Crippen molar-refractivity contribution < 1.29 is 9.53 Å². The molecule has 3 aromatic rings. The first-order valence-corrected chi connectivity index (χ1v) is 10.3. The minimum atomic E-state index is 0.0676. The minimum absolute atomic E-state index is 0.0676. The van der Waals surface area contributed by atoms with Crippen molar-refractivity contribution in [1.82, 2.24) is 19.5 Å². The van der Waals surface area contributed by atoms with Gasteiger partial charge >= 0.3 is 0 Å². The summed E-state index contributed by atoms with van der Waals surface area (Å²) < 4.78 is 7.69. The van der Waals surface area contributed by atoms with Crippen molar-refractivity contribution in [3.05, 3.63) is 54.2 Å². The van der Waals surface area contributed by atoms with E-state index >= 15 is 0 Å². The summed E-state index contributed by atoms with van der Waals surface area (Å²) in [5.41, 5.74) is 1.54. The van der Waals surface area contributed by atoms with Crippen molar-refractivity contribution in [2.24, 2.45) is 0 Å². The molecule has 0 N–H and O–H groups in total. The Morgan fingerprint density at radius 3 is 2.72 bits per heavy atom. The van der Waals surface area contributed by atoms with E-state index in [1.807, 2.05) is 58.0 Å². The van der Waals surface area contributed by atoms with Gasteiger partial charge in [0, 0.05) is 37.9 Å². The van der Waals surface area contributed by atoms with Crippen LogP contribution >= 0.6 is 0 Å². The lowest BCUT2D eigenvalue weighted by atomic mass is 10.2. The maximum absolute atomic E-state index is 13.0. The molecule has 7 heteroatoms. The second-order valence-corrected chi connectivity index (χ2v) is 7.29. The monoisotopic (exact) mass is 393 g/mol. The summed E-state index contributed by atoms with van der Waals surface area (Å²) in [5, 5.41) is 8.59. The summed E-state index contributed by atoms with van der Waals surface area (Å²) in [5.74, 6) is 1.72. The molecule has 2 aromatic heterocycles. The van der Waals surface area contributed by atoms with Crippen molar-refractivity contribution in [3.63, 3.8) is 0 Å². The zero-order valence-corrected chi connectivity index (χ0v) is 16.8. The number of pyridine rings is 1. The van der Waals surface area contributed by atoms with E-state index in [9.17, 15) is 4.79 Å². The number of carbonyl (C=O) groups excluding carboxylic acids is 1. The van der Waals surface area contributed by atoms with Crippen molar-refractivity contribution in [1.29, 1.82) is 0 Å². The van der Waals surface area contributed by atoms with Gasteiger partial charge in [0.1, 0.15) is 5.75 Å². The Labute approximate surface area is 170 Å². The smallest absolute Gasteiger partial charge is 0.253 e. The van der Waals surface area contributed by atoms with Crippen LogP contribution in [0.4, 0.5) is 5.95 Å². The number of ether oxygens (including phenoxy) is 1. The van der Waals surface area contributed by atoms with E-state index in [1.165, 1.54) is 0 Å². The molecule has 0 unspecified atom stereocenters. The number of hydrogen-bond donors (Lipinski definition) is 0. The SMILES string of the molecule is CCCCOc1ccc(C(=O)N2CCCN(c3nnc4ccccn34)CC2)cc1. The van der Waals surface area contributed by atoms with E-state index in [2.05, 4.69) is 22.0 Å². The van der Waals surface area contributed by atoms with Crippen LogP contribution in [0.5, 0.6) is 5.75 Å². The lowest BCUT2D eigenvalue weighted by molar-refractivity contribution is 0.0767. The average Bonchev–Trinajstić information content (AvgIpc) is 3.04. The maximum atomic E-state index is 13.0. The third-order valence-corrected chi connectivity index (χ3v) is 5.23. The molecule has 152 valence electrons. The number of benzene rings is 1. The van der Waals surface area contributed by atoms with Gasteiger partial charge in [-0.25, -0.2) is 0 Å². The molecule has 0 radical (unpaired) electrons. The minimum Gasteiger partial charge on any atom is -0.494 e. The van der Waals surface area contributed by atoms with Crippen LogP contribution in [-0.4, -0.2) is 58.2 Å². The van der Waals surface area contributed by atoms with E-state index in [-0.39, 0.29) is 5.91 Å². The van der Waals surface area contributed by atoms with E-state index in [0.29, 0.717) is 18.7 Å². The van der Waals surface area contributed by atoms with Gasteiger partial charge in [0.15, 0.2) is 5.65 Å². The normalized spacial score (nSPS) is 14.8. The van der Waals surface area contributed by atoms with Gasteiger partial charge in [0.25, 0.3) is 5.91 Å². The Hall–Kier alpha value is -3.09. The van der Waals surface area contributed by atoms with E-state index in [0.717, 1.165) is 56.2 Å². The second-order valence-electron chi connectivity index (χ2n) is 7.29. The van der Waals surface area contributed by atoms with Crippen LogP contribution < -0.4 is 9.64 Å². The van der Waals surface area contributed by atoms with Gasteiger partial charge in [0.2, 0.25) is 5.95 Å². The zero-order valence-electron chi connectivity index (χ0n) is 16.8. The molecule has 7 nitrogen and oxygen atoms in total. The number of carbonyl (C=O) groups is 1. The average molecular weight is 393 g/mol. The largest absolute Gasteiger partial charge is 0.494 e. The molecular weight excluding hydrogens is 366 g/mol. The van der Waals surface area contributed by atoms with E-state index < -0.39 is 0 Å². The summed E-state index contributed by atoms with van der Waals surface area (Å²) >= 11 is 0. The number of fused-ring (bicyclic) bond motifs is 1. The third-order valence-electron chi connectivity index (χ3n) is 5.23. The van der Waals surface area contributed by atoms with Crippen molar-refractivity contribution in [3.8, 4) is 5.75 Å². The molecule has 1 amide bonds. The molecule has 0 spiro atoms. The van der Waals surface area contributed by atoms with Crippen LogP contribution in [0.2, 0.25) is 0 Å². The van der Waals surface area contributed by atoms with Crippen LogP contribution in [0.3, 0.4) is 0 Å². The molecule has 29 heavy (non-hydrogen) atoms. The fraction of sp³-hybridized carbons (Fsp3) is 0.409. The molecule has 1 saturated heterocycles. The predicted molar refractivity (Wildman–Crippen MR) is 113 cm³/mol. The molecule has 0 aliphatic carbocycles. The molecule has 3 heterocycles. The van der Waals surface area contributed by atoms with Crippen LogP contribution in [0.15, 0.2) is 48.7 Å². The molecular formula is C22H27N5O2. The lowest BCUT2D eigenvalue weighted by Gasteiger charge is -2.22. The summed E-state index contributed by atoms with van der Waals surface area (Å²) in [7, 11) is 0. The van der Waals surface area contributed by atoms with Crippen molar-refractivity contribution in [2.45, 2.75) is 26.2 Å². The number of unbranched alkanes of at least 4 members (excludes halogenated alkanes) is 1. The van der Waals surface area contributed by atoms with Gasteiger partial charge in [-0.15, -0.1) is 10.2 Å². The number of hydrogen-bond acceptors (Lipinski definition) is 5. The van der Waals surface area contributed by atoms with Crippen LogP contribution in [-0.2, 0) is 0 Å². The summed E-state index contributed by atoms with van der Waals surface area (Å²) in [6.45, 7) is 5.83. The fourth-order valence-electron chi connectivity index (χ4n) is 3.58. The van der Waals surface area contributed by atoms with E-state index in [1.54, 1.807) is 0 Å². The Morgan fingerprint density at radius 2 is 1.90 bits per heavy atom. The molecule has 0 bridgehead atoms. The highest BCUT2D eigenvalue weighted by Crippen LogP contribution is 2.18. The van der Waals surface area contributed by atoms with Crippen molar-refractivity contribution >= 4 is 17.5 Å². The zero-order chi connectivity index (χ0) is 20.1. The van der Waals surface area contributed by atoms with Crippen LogP contribution in [0.1, 0.15) is 36.5 Å². The fourth-order valence-corrected chi connectivity index (χ4v) is 3.58. The number of anilines is 1. The van der Waals surface area contributed by atoms with Crippen LogP contribution in [0, 0.1) is 0 Å². The van der Waals surface area contributed by atoms with Gasteiger partial charge in [-0.2, -0.15) is 0 Å². The first-order chi connectivity index (χ1) is 14.3. The number of aromatic nitrogens is 3. The van der Waals surface area contributed by atoms with Gasteiger partial charge < -0.3 is 14.5 Å².